The van der Waals surface area contributed by atoms with Crippen molar-refractivity contribution in [1.82, 2.24) is 0 Å². The molecule has 2 atom stereocenters. The Balaban J connectivity index is 2.24. The number of benzene rings is 1. The van der Waals surface area contributed by atoms with Crippen molar-refractivity contribution in [3.8, 4) is 0 Å². The topological polar surface area (TPSA) is 0 Å². The summed E-state index contributed by atoms with van der Waals surface area (Å²) >= 11 is 15.7. The van der Waals surface area contributed by atoms with Gasteiger partial charge in [-0.1, -0.05) is 45.2 Å². The van der Waals surface area contributed by atoms with Gasteiger partial charge in [0, 0.05) is 14.9 Å². The zero-order valence-corrected chi connectivity index (χ0v) is 10.7. The van der Waals surface area contributed by atoms with Gasteiger partial charge in [0.05, 0.1) is 0 Å². The molecular weight excluding hydrogens is 283 g/mol. The Morgan fingerprint density at radius 2 is 2.00 bits per heavy atom. The molecule has 0 heterocycles. The summed E-state index contributed by atoms with van der Waals surface area (Å²) in [4.78, 5) is 0.652. The molecule has 3 heteroatoms. The molecule has 1 aromatic rings. The molecule has 14 heavy (non-hydrogen) atoms. The molecule has 1 fully saturated rings. The second-order valence-electron chi connectivity index (χ2n) is 3.77. The molecule has 1 aromatic carbocycles. The van der Waals surface area contributed by atoms with Crippen LogP contribution in [-0.4, -0.2) is 4.83 Å². The van der Waals surface area contributed by atoms with E-state index in [-0.39, 0.29) is 0 Å². The summed E-state index contributed by atoms with van der Waals surface area (Å²) in [6.07, 6.45) is 3.64. The minimum atomic E-state index is 0.601. The van der Waals surface area contributed by atoms with Gasteiger partial charge >= 0.3 is 0 Å². The van der Waals surface area contributed by atoms with E-state index < -0.39 is 0 Å². The molecular formula is C11H11BrCl2. The van der Waals surface area contributed by atoms with Gasteiger partial charge in [0.1, 0.15) is 0 Å². The van der Waals surface area contributed by atoms with E-state index in [2.05, 4.69) is 22.0 Å². The molecule has 1 saturated carbocycles. The lowest BCUT2D eigenvalue weighted by Gasteiger charge is -2.11. The summed E-state index contributed by atoms with van der Waals surface area (Å²) in [5.74, 6) is 0.601. The predicted molar refractivity (Wildman–Crippen MR) is 65.8 cm³/mol. The second kappa shape index (κ2) is 4.42. The van der Waals surface area contributed by atoms with E-state index in [0.29, 0.717) is 15.8 Å². The van der Waals surface area contributed by atoms with Crippen LogP contribution in [0.15, 0.2) is 18.2 Å². The standard InChI is InChI=1S/C11H11BrCl2/c12-8-2-1-7(5-8)10-4-3-9(13)6-11(10)14/h3-4,6-8H,1-2,5H2. The van der Waals surface area contributed by atoms with E-state index in [9.17, 15) is 0 Å². The van der Waals surface area contributed by atoms with Crippen LogP contribution in [-0.2, 0) is 0 Å². The molecule has 2 rings (SSSR count). The van der Waals surface area contributed by atoms with Crippen LogP contribution in [0.25, 0.3) is 0 Å². The van der Waals surface area contributed by atoms with Gasteiger partial charge in [0.25, 0.3) is 0 Å². The Morgan fingerprint density at radius 1 is 1.21 bits per heavy atom. The first-order valence-corrected chi connectivity index (χ1v) is 6.43. The lowest BCUT2D eigenvalue weighted by Crippen LogP contribution is -1.95. The molecule has 0 amide bonds. The smallest absolute Gasteiger partial charge is 0.0455 e. The molecule has 0 saturated heterocycles. The van der Waals surface area contributed by atoms with Crippen molar-refractivity contribution in [2.24, 2.45) is 0 Å². The number of halogens is 3. The highest BCUT2D eigenvalue weighted by atomic mass is 79.9. The van der Waals surface area contributed by atoms with Crippen molar-refractivity contribution in [3.63, 3.8) is 0 Å². The van der Waals surface area contributed by atoms with Crippen molar-refractivity contribution in [3.05, 3.63) is 33.8 Å². The first kappa shape index (κ1) is 10.8. The van der Waals surface area contributed by atoms with Crippen LogP contribution >= 0.6 is 39.1 Å². The lowest BCUT2D eigenvalue weighted by molar-refractivity contribution is 0.726. The first-order chi connectivity index (χ1) is 6.66. The van der Waals surface area contributed by atoms with Gasteiger partial charge in [-0.3, -0.25) is 0 Å². The summed E-state index contributed by atoms with van der Waals surface area (Å²) in [5.41, 5.74) is 1.25. The molecule has 0 bridgehead atoms. The summed E-state index contributed by atoms with van der Waals surface area (Å²) < 4.78 is 0. The summed E-state index contributed by atoms with van der Waals surface area (Å²) in [6, 6.07) is 5.81. The Morgan fingerprint density at radius 3 is 2.57 bits per heavy atom. The fourth-order valence-corrected chi connectivity index (χ4v) is 3.32. The molecule has 1 aliphatic rings. The minimum absolute atomic E-state index is 0.601. The highest BCUT2D eigenvalue weighted by Crippen LogP contribution is 2.40. The second-order valence-corrected chi connectivity index (χ2v) is 5.91. The van der Waals surface area contributed by atoms with Gasteiger partial charge < -0.3 is 0 Å². The van der Waals surface area contributed by atoms with E-state index in [0.717, 1.165) is 5.02 Å². The van der Waals surface area contributed by atoms with Gasteiger partial charge in [0.2, 0.25) is 0 Å². The number of alkyl halides is 1. The number of hydrogen-bond donors (Lipinski definition) is 0. The van der Waals surface area contributed by atoms with Crippen molar-refractivity contribution in [2.45, 2.75) is 30.0 Å². The van der Waals surface area contributed by atoms with E-state index in [1.165, 1.54) is 24.8 Å². The van der Waals surface area contributed by atoms with E-state index in [1.54, 1.807) is 0 Å². The molecule has 76 valence electrons. The van der Waals surface area contributed by atoms with Crippen LogP contribution in [0.3, 0.4) is 0 Å². The SMILES string of the molecule is Clc1ccc(C2CCC(Br)C2)c(Cl)c1. The van der Waals surface area contributed by atoms with Gasteiger partial charge in [-0.25, -0.2) is 0 Å². The quantitative estimate of drug-likeness (QED) is 0.638. The van der Waals surface area contributed by atoms with Crippen LogP contribution in [0.2, 0.25) is 10.0 Å². The zero-order chi connectivity index (χ0) is 10.1. The van der Waals surface area contributed by atoms with Gasteiger partial charge in [-0.2, -0.15) is 0 Å². The maximum absolute atomic E-state index is 6.16. The number of hydrogen-bond acceptors (Lipinski definition) is 0. The summed E-state index contributed by atoms with van der Waals surface area (Å²) in [6.45, 7) is 0. The monoisotopic (exact) mass is 292 g/mol. The fourth-order valence-electron chi connectivity index (χ4n) is 2.04. The normalized spacial score (nSPS) is 26.8. The predicted octanol–water partition coefficient (Wildman–Crippen LogP) is 5.02. The largest absolute Gasteiger partial charge is 0.0890 e. The average molecular weight is 294 g/mol. The third kappa shape index (κ3) is 2.26. The first-order valence-electron chi connectivity index (χ1n) is 4.76. The molecule has 0 N–H and O–H groups in total. The van der Waals surface area contributed by atoms with Gasteiger partial charge in [-0.05, 0) is 42.9 Å². The van der Waals surface area contributed by atoms with Crippen LogP contribution in [0.5, 0.6) is 0 Å². The van der Waals surface area contributed by atoms with Crippen LogP contribution in [0.1, 0.15) is 30.7 Å². The van der Waals surface area contributed by atoms with Crippen molar-refractivity contribution < 1.29 is 0 Å². The highest BCUT2D eigenvalue weighted by molar-refractivity contribution is 9.09. The molecule has 1 aliphatic carbocycles. The fraction of sp³-hybridized carbons (Fsp3) is 0.455. The Bertz CT molecular complexity index is 338. The maximum Gasteiger partial charge on any atom is 0.0455 e. The summed E-state index contributed by atoms with van der Waals surface area (Å²) in [7, 11) is 0. The van der Waals surface area contributed by atoms with Gasteiger partial charge in [-0.15, -0.1) is 0 Å². The van der Waals surface area contributed by atoms with Gasteiger partial charge in [0.15, 0.2) is 0 Å². The Labute approximate surface area is 103 Å². The van der Waals surface area contributed by atoms with Crippen molar-refractivity contribution in [2.75, 3.05) is 0 Å². The molecule has 0 nitrogen and oxygen atoms in total. The van der Waals surface area contributed by atoms with Crippen LogP contribution in [0, 0.1) is 0 Å². The molecule has 0 aromatic heterocycles. The molecule has 0 radical (unpaired) electrons. The van der Waals surface area contributed by atoms with Crippen molar-refractivity contribution in [1.29, 1.82) is 0 Å². The minimum Gasteiger partial charge on any atom is -0.0890 e. The zero-order valence-electron chi connectivity index (χ0n) is 7.64. The molecule has 2 unspecified atom stereocenters. The molecule has 0 spiro atoms. The van der Waals surface area contributed by atoms with E-state index >= 15 is 0 Å². The van der Waals surface area contributed by atoms with Crippen molar-refractivity contribution >= 4 is 39.1 Å². The van der Waals surface area contributed by atoms with Crippen LogP contribution < -0.4 is 0 Å². The van der Waals surface area contributed by atoms with E-state index in [4.69, 9.17) is 23.2 Å². The number of rotatable bonds is 1. The highest BCUT2D eigenvalue weighted by Gasteiger charge is 2.25. The third-order valence-corrected chi connectivity index (χ3v) is 4.17. The van der Waals surface area contributed by atoms with Crippen LogP contribution in [0.4, 0.5) is 0 Å². The maximum atomic E-state index is 6.16. The van der Waals surface area contributed by atoms with E-state index in [1.807, 2.05) is 12.1 Å². The lowest BCUT2D eigenvalue weighted by atomic mass is 9.98. The third-order valence-electron chi connectivity index (χ3n) is 2.77. The summed E-state index contributed by atoms with van der Waals surface area (Å²) in [5, 5.41) is 1.52. The average Bonchev–Trinajstić information content (AvgIpc) is 2.51. The Kier molecular flexibility index (Phi) is 3.41. The Hall–Kier alpha value is 0.280. The molecule has 0 aliphatic heterocycles.